The molecule has 0 spiro atoms. The lowest BCUT2D eigenvalue weighted by atomic mass is 10.1. The van der Waals surface area contributed by atoms with Crippen LogP contribution in [0.25, 0.3) is 0 Å². The normalized spacial score (nSPS) is 9.62. The van der Waals surface area contributed by atoms with Gasteiger partial charge in [-0.1, -0.05) is 13.8 Å². The maximum Gasteiger partial charge on any atom is 0.282 e. The lowest BCUT2D eigenvalue weighted by Gasteiger charge is -2.03. The molecule has 0 atom stereocenters. The molecule has 1 aromatic rings. The van der Waals surface area contributed by atoms with Crippen LogP contribution in [0.2, 0.25) is 0 Å². The molecule has 1 aromatic heterocycles. The highest BCUT2D eigenvalue weighted by Gasteiger charge is 2.10. The number of aryl methyl sites for hydroxylation is 1. The molecular weight excluding hydrogens is 166 g/mol. The summed E-state index contributed by atoms with van der Waals surface area (Å²) in [6.07, 6.45) is 1.40. The first-order valence-electron chi connectivity index (χ1n) is 4.25. The van der Waals surface area contributed by atoms with E-state index in [1.54, 1.807) is 0 Å². The van der Waals surface area contributed by atoms with E-state index in [0.717, 1.165) is 17.7 Å². The molecule has 1 rings (SSSR count). The molecule has 0 bridgehead atoms. The second kappa shape index (κ2) is 3.85. The fourth-order valence-electron chi connectivity index (χ4n) is 1.31. The summed E-state index contributed by atoms with van der Waals surface area (Å²) in [4.78, 5) is 11.2. The summed E-state index contributed by atoms with van der Waals surface area (Å²) in [5, 5.41) is 15.0. The van der Waals surface area contributed by atoms with Crippen molar-refractivity contribution in [1.29, 1.82) is 5.26 Å². The van der Waals surface area contributed by atoms with Gasteiger partial charge in [0, 0.05) is 0 Å². The highest BCUT2D eigenvalue weighted by molar-refractivity contribution is 5.37. The molecule has 0 aromatic carbocycles. The first-order valence-corrected chi connectivity index (χ1v) is 4.25. The van der Waals surface area contributed by atoms with Crippen LogP contribution in [0.3, 0.4) is 0 Å². The van der Waals surface area contributed by atoms with Gasteiger partial charge in [-0.15, -0.1) is 0 Å². The van der Waals surface area contributed by atoms with Gasteiger partial charge in [-0.3, -0.25) is 4.79 Å². The molecule has 0 aliphatic carbocycles. The molecule has 0 fully saturated rings. The third-order valence-corrected chi connectivity index (χ3v) is 1.97. The van der Waals surface area contributed by atoms with Crippen molar-refractivity contribution in [3.63, 3.8) is 0 Å². The van der Waals surface area contributed by atoms with Crippen LogP contribution in [-0.4, -0.2) is 10.2 Å². The van der Waals surface area contributed by atoms with Gasteiger partial charge in [-0.05, 0) is 18.4 Å². The SMILES string of the molecule is CCc1n[nH]c(=O)c(C#N)c1CC. The number of H-pyrrole nitrogens is 1. The van der Waals surface area contributed by atoms with Crippen LogP contribution >= 0.6 is 0 Å². The molecule has 0 radical (unpaired) electrons. The van der Waals surface area contributed by atoms with Crippen LogP contribution in [0.15, 0.2) is 4.79 Å². The standard InChI is InChI=1S/C9H11N3O/c1-3-6-7(5-10)9(13)12-11-8(6)4-2/h3-4H2,1-2H3,(H,12,13). The largest absolute Gasteiger partial charge is 0.282 e. The molecule has 13 heavy (non-hydrogen) atoms. The maximum absolute atomic E-state index is 11.2. The van der Waals surface area contributed by atoms with Crippen molar-refractivity contribution in [1.82, 2.24) is 10.2 Å². The molecule has 1 heterocycles. The van der Waals surface area contributed by atoms with Gasteiger partial charge < -0.3 is 0 Å². The summed E-state index contributed by atoms with van der Waals surface area (Å²) in [6, 6.07) is 1.91. The van der Waals surface area contributed by atoms with Crippen molar-refractivity contribution in [3.05, 3.63) is 27.2 Å². The van der Waals surface area contributed by atoms with Crippen molar-refractivity contribution in [2.75, 3.05) is 0 Å². The third kappa shape index (κ3) is 1.59. The summed E-state index contributed by atoms with van der Waals surface area (Å²) in [6.45, 7) is 3.86. The molecule has 4 nitrogen and oxygen atoms in total. The van der Waals surface area contributed by atoms with E-state index in [-0.39, 0.29) is 5.56 Å². The predicted molar refractivity (Wildman–Crippen MR) is 48.3 cm³/mol. The molecule has 0 aliphatic heterocycles. The van der Waals surface area contributed by atoms with Crippen LogP contribution in [0.1, 0.15) is 30.7 Å². The molecule has 1 N–H and O–H groups in total. The van der Waals surface area contributed by atoms with Gasteiger partial charge in [0.25, 0.3) is 5.56 Å². The van der Waals surface area contributed by atoms with Crippen LogP contribution in [0, 0.1) is 11.3 Å². The minimum atomic E-state index is -0.392. The second-order valence-corrected chi connectivity index (χ2v) is 2.67. The second-order valence-electron chi connectivity index (χ2n) is 2.67. The summed E-state index contributed by atoms with van der Waals surface area (Å²) in [7, 11) is 0. The lowest BCUT2D eigenvalue weighted by Crippen LogP contribution is -2.17. The van der Waals surface area contributed by atoms with Crippen LogP contribution in [-0.2, 0) is 12.8 Å². The summed E-state index contributed by atoms with van der Waals surface area (Å²) >= 11 is 0. The highest BCUT2D eigenvalue weighted by Crippen LogP contribution is 2.08. The van der Waals surface area contributed by atoms with Gasteiger partial charge in [0.1, 0.15) is 11.6 Å². The van der Waals surface area contributed by atoms with E-state index >= 15 is 0 Å². The number of aromatic amines is 1. The molecule has 68 valence electrons. The Morgan fingerprint density at radius 2 is 2.15 bits per heavy atom. The summed E-state index contributed by atoms with van der Waals surface area (Å²) in [5.74, 6) is 0. The van der Waals surface area contributed by atoms with Crippen molar-refractivity contribution in [2.45, 2.75) is 26.7 Å². The average molecular weight is 177 g/mol. The first kappa shape index (κ1) is 9.46. The van der Waals surface area contributed by atoms with E-state index in [1.165, 1.54) is 0 Å². The Balaban J connectivity index is 3.48. The maximum atomic E-state index is 11.2. The van der Waals surface area contributed by atoms with E-state index in [1.807, 2.05) is 19.9 Å². The summed E-state index contributed by atoms with van der Waals surface area (Å²) < 4.78 is 0. The van der Waals surface area contributed by atoms with Gasteiger partial charge in [0.15, 0.2) is 0 Å². The number of aromatic nitrogens is 2. The molecule has 0 saturated heterocycles. The summed E-state index contributed by atoms with van der Waals surface area (Å²) in [5.41, 5.74) is 1.39. The zero-order valence-corrected chi connectivity index (χ0v) is 7.72. The fraction of sp³-hybridized carbons (Fsp3) is 0.444. The average Bonchev–Trinajstić information content (AvgIpc) is 2.17. The smallest absolute Gasteiger partial charge is 0.267 e. The van der Waals surface area contributed by atoms with E-state index in [9.17, 15) is 4.79 Å². The Bertz CT molecular complexity index is 400. The van der Waals surface area contributed by atoms with Crippen LogP contribution in [0.4, 0.5) is 0 Å². The number of nitriles is 1. The molecule has 0 amide bonds. The minimum absolute atomic E-state index is 0.203. The van der Waals surface area contributed by atoms with Gasteiger partial charge >= 0.3 is 0 Å². The molecule has 4 heteroatoms. The zero-order valence-electron chi connectivity index (χ0n) is 7.72. The quantitative estimate of drug-likeness (QED) is 0.725. The predicted octanol–water partition coefficient (Wildman–Crippen LogP) is 0.766. The number of nitrogens with one attached hydrogen (secondary N) is 1. The van der Waals surface area contributed by atoms with E-state index in [2.05, 4.69) is 10.2 Å². The minimum Gasteiger partial charge on any atom is -0.267 e. The van der Waals surface area contributed by atoms with Crippen molar-refractivity contribution < 1.29 is 0 Å². The molecule has 0 saturated carbocycles. The van der Waals surface area contributed by atoms with Crippen molar-refractivity contribution in [2.24, 2.45) is 0 Å². The molecule has 0 unspecified atom stereocenters. The van der Waals surface area contributed by atoms with Crippen LogP contribution in [0.5, 0.6) is 0 Å². The first-order chi connectivity index (χ1) is 6.24. The number of rotatable bonds is 2. The van der Waals surface area contributed by atoms with Crippen molar-refractivity contribution in [3.8, 4) is 6.07 Å². The Kier molecular flexibility index (Phi) is 2.80. The lowest BCUT2D eigenvalue weighted by molar-refractivity contribution is 0.851. The fourth-order valence-corrected chi connectivity index (χ4v) is 1.31. The van der Waals surface area contributed by atoms with Crippen molar-refractivity contribution >= 4 is 0 Å². The Morgan fingerprint density at radius 3 is 2.62 bits per heavy atom. The van der Waals surface area contributed by atoms with Gasteiger partial charge in [0.05, 0.1) is 5.69 Å². The van der Waals surface area contributed by atoms with Gasteiger partial charge in [0.2, 0.25) is 0 Å². The van der Waals surface area contributed by atoms with Gasteiger partial charge in [-0.25, -0.2) is 5.10 Å². The Morgan fingerprint density at radius 1 is 1.46 bits per heavy atom. The Labute approximate surface area is 76.2 Å². The monoisotopic (exact) mass is 177 g/mol. The third-order valence-electron chi connectivity index (χ3n) is 1.97. The topological polar surface area (TPSA) is 69.5 Å². The van der Waals surface area contributed by atoms with E-state index < -0.39 is 5.56 Å². The van der Waals surface area contributed by atoms with Gasteiger partial charge in [-0.2, -0.15) is 10.4 Å². The zero-order chi connectivity index (χ0) is 9.84. The highest BCUT2D eigenvalue weighted by atomic mass is 16.1. The Hall–Kier alpha value is -1.63. The molecule has 0 aliphatic rings. The number of hydrogen-bond acceptors (Lipinski definition) is 3. The van der Waals surface area contributed by atoms with E-state index in [0.29, 0.717) is 6.42 Å². The molecular formula is C9H11N3O. The number of hydrogen-bond donors (Lipinski definition) is 1. The van der Waals surface area contributed by atoms with E-state index in [4.69, 9.17) is 5.26 Å². The van der Waals surface area contributed by atoms with Crippen LogP contribution < -0.4 is 5.56 Å². The number of nitrogens with zero attached hydrogens (tertiary/aromatic N) is 2.